The van der Waals surface area contributed by atoms with Gasteiger partial charge in [0.15, 0.2) is 0 Å². The summed E-state index contributed by atoms with van der Waals surface area (Å²) in [5, 5.41) is 0. The van der Waals surface area contributed by atoms with Crippen LogP contribution >= 0.6 is 0 Å². The van der Waals surface area contributed by atoms with Crippen molar-refractivity contribution in [2.24, 2.45) is 11.8 Å². The number of hydrogen-bond acceptors (Lipinski definition) is 5. The fraction of sp³-hybridized carbons (Fsp3) is 0.905. The molecule has 0 saturated heterocycles. The van der Waals surface area contributed by atoms with Crippen LogP contribution in [0, 0.1) is 11.8 Å². The smallest absolute Gasteiger partial charge is 0.305 e. The van der Waals surface area contributed by atoms with Crippen molar-refractivity contribution < 1.29 is 23.8 Å². The number of hydrogen-bond donors (Lipinski definition) is 0. The molecule has 0 radical (unpaired) electrons. The predicted octanol–water partition coefficient (Wildman–Crippen LogP) is 4.91. The molecule has 0 aliphatic rings. The summed E-state index contributed by atoms with van der Waals surface area (Å²) in [6.07, 6.45) is 8.51. The highest BCUT2D eigenvalue weighted by molar-refractivity contribution is 5.72. The lowest BCUT2D eigenvalue weighted by Crippen LogP contribution is -2.16. The quantitative estimate of drug-likeness (QED) is 0.268. The van der Waals surface area contributed by atoms with Gasteiger partial charge in [-0.1, -0.05) is 40.0 Å². The van der Waals surface area contributed by atoms with Gasteiger partial charge < -0.3 is 14.2 Å². The summed E-state index contributed by atoms with van der Waals surface area (Å²) in [5.74, 6) is 0.532. The number of unbranched alkanes of at least 4 members (excludes halogenated alkanes) is 2. The first-order valence-corrected chi connectivity index (χ1v) is 10.3. The second-order valence-corrected chi connectivity index (χ2v) is 7.44. The van der Waals surface area contributed by atoms with Gasteiger partial charge in [0.25, 0.3) is 0 Å². The van der Waals surface area contributed by atoms with Crippen LogP contribution in [0.4, 0.5) is 0 Å². The Labute approximate surface area is 160 Å². The summed E-state index contributed by atoms with van der Waals surface area (Å²) in [4.78, 5) is 23.5. The van der Waals surface area contributed by atoms with Crippen molar-refractivity contribution in [1.29, 1.82) is 0 Å². The molecule has 0 rings (SSSR count). The van der Waals surface area contributed by atoms with Gasteiger partial charge in [0.05, 0.1) is 13.2 Å². The van der Waals surface area contributed by atoms with Crippen molar-refractivity contribution in [3.05, 3.63) is 0 Å². The monoisotopic (exact) mass is 372 g/mol. The lowest BCUT2D eigenvalue weighted by Gasteiger charge is -2.16. The highest BCUT2D eigenvalue weighted by Gasteiger charge is 2.13. The lowest BCUT2D eigenvalue weighted by molar-refractivity contribution is -0.146. The molecule has 1 unspecified atom stereocenters. The first-order chi connectivity index (χ1) is 12.5. The van der Waals surface area contributed by atoms with Gasteiger partial charge in [-0.15, -0.1) is 0 Å². The van der Waals surface area contributed by atoms with Crippen LogP contribution in [0.1, 0.15) is 85.0 Å². The molecule has 0 saturated carbocycles. The summed E-state index contributed by atoms with van der Waals surface area (Å²) in [7, 11) is 1.69. The van der Waals surface area contributed by atoms with E-state index in [0.29, 0.717) is 38.1 Å². The molecule has 0 N–H and O–H groups in total. The van der Waals surface area contributed by atoms with E-state index in [9.17, 15) is 9.59 Å². The van der Waals surface area contributed by atoms with Gasteiger partial charge in [0, 0.05) is 26.6 Å². The van der Waals surface area contributed by atoms with E-state index in [4.69, 9.17) is 14.2 Å². The predicted molar refractivity (Wildman–Crippen MR) is 104 cm³/mol. The Morgan fingerprint density at radius 1 is 0.808 bits per heavy atom. The van der Waals surface area contributed by atoms with Gasteiger partial charge in [0.1, 0.15) is 0 Å². The largest absolute Gasteiger partial charge is 0.466 e. The minimum atomic E-state index is -0.226. The highest BCUT2D eigenvalue weighted by atomic mass is 16.5. The normalized spacial score (nSPS) is 12.2. The molecule has 0 aromatic heterocycles. The Morgan fingerprint density at radius 2 is 1.50 bits per heavy atom. The molecule has 1 atom stereocenters. The summed E-state index contributed by atoms with van der Waals surface area (Å²) < 4.78 is 15.7. The lowest BCUT2D eigenvalue weighted by atomic mass is 9.99. The molecule has 26 heavy (non-hydrogen) atoms. The zero-order valence-electron chi connectivity index (χ0n) is 17.4. The number of ether oxygens (including phenoxy) is 3. The van der Waals surface area contributed by atoms with E-state index in [1.54, 1.807) is 7.11 Å². The minimum Gasteiger partial charge on any atom is -0.466 e. The summed E-state index contributed by atoms with van der Waals surface area (Å²) >= 11 is 0. The van der Waals surface area contributed by atoms with Crippen LogP contribution in [0.15, 0.2) is 0 Å². The molecule has 0 spiro atoms. The second-order valence-electron chi connectivity index (χ2n) is 7.44. The Hall–Kier alpha value is -1.10. The van der Waals surface area contributed by atoms with Crippen molar-refractivity contribution in [2.75, 3.05) is 26.9 Å². The zero-order valence-corrected chi connectivity index (χ0v) is 17.4. The second kappa shape index (κ2) is 17.3. The Morgan fingerprint density at radius 3 is 2.12 bits per heavy atom. The average Bonchev–Trinajstić information content (AvgIpc) is 2.60. The maximum atomic E-state index is 11.9. The fourth-order valence-electron chi connectivity index (χ4n) is 2.69. The number of carbonyl (C=O) groups is 2. The van der Waals surface area contributed by atoms with E-state index in [-0.39, 0.29) is 24.8 Å². The molecule has 0 heterocycles. The minimum absolute atomic E-state index is 0.223. The Balaban J connectivity index is 3.81. The van der Waals surface area contributed by atoms with Gasteiger partial charge in [-0.05, 0) is 43.9 Å². The topological polar surface area (TPSA) is 61.8 Å². The van der Waals surface area contributed by atoms with Gasteiger partial charge in [-0.25, -0.2) is 0 Å². The highest BCUT2D eigenvalue weighted by Crippen LogP contribution is 2.15. The fourth-order valence-corrected chi connectivity index (χ4v) is 2.69. The SMILES string of the molecule is CCCCCC(CCOC)COC(=O)CCCC(=O)OCCCC(C)C. The Bertz CT molecular complexity index is 354. The first kappa shape index (κ1) is 24.9. The van der Waals surface area contributed by atoms with E-state index in [1.807, 2.05) is 0 Å². The van der Waals surface area contributed by atoms with E-state index in [2.05, 4.69) is 20.8 Å². The molecule has 5 heteroatoms. The van der Waals surface area contributed by atoms with Crippen molar-refractivity contribution in [3.8, 4) is 0 Å². The third-order valence-corrected chi connectivity index (χ3v) is 4.38. The molecule has 0 amide bonds. The van der Waals surface area contributed by atoms with Crippen LogP contribution < -0.4 is 0 Å². The van der Waals surface area contributed by atoms with E-state index in [1.165, 1.54) is 12.8 Å². The van der Waals surface area contributed by atoms with E-state index in [0.717, 1.165) is 32.1 Å². The van der Waals surface area contributed by atoms with Crippen LogP contribution in [0.3, 0.4) is 0 Å². The number of methoxy groups -OCH3 is 1. The van der Waals surface area contributed by atoms with E-state index >= 15 is 0 Å². The molecule has 5 nitrogen and oxygen atoms in total. The summed E-state index contributed by atoms with van der Waals surface area (Å²) in [6.45, 7) is 8.09. The molecular formula is C21H40O5. The number of esters is 2. The third-order valence-electron chi connectivity index (χ3n) is 4.38. The standard InChI is InChI=1S/C21H40O5/c1-5-6-7-11-19(14-16-24-4)17-26-21(23)13-8-12-20(22)25-15-9-10-18(2)3/h18-19H,5-17H2,1-4H3. The molecule has 0 aliphatic carbocycles. The Kier molecular flexibility index (Phi) is 16.6. The molecule has 0 aliphatic heterocycles. The van der Waals surface area contributed by atoms with Crippen molar-refractivity contribution >= 4 is 11.9 Å². The van der Waals surface area contributed by atoms with Crippen LogP contribution in [-0.4, -0.2) is 38.9 Å². The van der Waals surface area contributed by atoms with Gasteiger partial charge in [-0.2, -0.15) is 0 Å². The molecule has 154 valence electrons. The average molecular weight is 373 g/mol. The van der Waals surface area contributed by atoms with Gasteiger partial charge in [-0.3, -0.25) is 9.59 Å². The molecular weight excluding hydrogens is 332 g/mol. The maximum Gasteiger partial charge on any atom is 0.305 e. The van der Waals surface area contributed by atoms with Gasteiger partial charge in [0.2, 0.25) is 0 Å². The van der Waals surface area contributed by atoms with Crippen LogP contribution in [-0.2, 0) is 23.8 Å². The number of rotatable bonds is 17. The maximum absolute atomic E-state index is 11.9. The molecule has 0 fully saturated rings. The molecule has 0 aromatic rings. The first-order valence-electron chi connectivity index (χ1n) is 10.3. The third kappa shape index (κ3) is 16.4. The summed E-state index contributed by atoms with van der Waals surface area (Å²) in [6, 6.07) is 0. The number of carbonyl (C=O) groups excluding carboxylic acids is 2. The van der Waals surface area contributed by atoms with Crippen molar-refractivity contribution in [3.63, 3.8) is 0 Å². The molecule has 0 bridgehead atoms. The van der Waals surface area contributed by atoms with Crippen LogP contribution in [0.25, 0.3) is 0 Å². The van der Waals surface area contributed by atoms with Crippen LogP contribution in [0.2, 0.25) is 0 Å². The van der Waals surface area contributed by atoms with Gasteiger partial charge >= 0.3 is 11.9 Å². The van der Waals surface area contributed by atoms with E-state index < -0.39 is 0 Å². The van der Waals surface area contributed by atoms with Crippen molar-refractivity contribution in [2.45, 2.75) is 85.0 Å². The van der Waals surface area contributed by atoms with Crippen molar-refractivity contribution in [1.82, 2.24) is 0 Å². The molecule has 0 aromatic carbocycles. The summed E-state index contributed by atoms with van der Waals surface area (Å²) in [5.41, 5.74) is 0. The van der Waals surface area contributed by atoms with Crippen LogP contribution in [0.5, 0.6) is 0 Å². The zero-order chi connectivity index (χ0) is 19.6.